The summed E-state index contributed by atoms with van der Waals surface area (Å²) in [6.07, 6.45) is 1.01. The van der Waals surface area contributed by atoms with Crippen molar-refractivity contribution in [1.82, 2.24) is 0 Å². The van der Waals surface area contributed by atoms with Crippen molar-refractivity contribution < 1.29 is 9.18 Å². The standard InChI is InChI=1S/C18H18ClFO/c1-4-18(2,3)13-10-8-12(9-11-13)17(21)14-6-5-7-15(20)16(14)19/h5-11H,4H2,1-3H3. The highest BCUT2D eigenvalue weighted by Crippen LogP contribution is 2.28. The Kier molecular flexibility index (Phi) is 4.48. The highest BCUT2D eigenvalue weighted by Gasteiger charge is 2.19. The second kappa shape index (κ2) is 5.98. The Hall–Kier alpha value is -1.67. The molecule has 0 bridgehead atoms. The quantitative estimate of drug-likeness (QED) is 0.691. The van der Waals surface area contributed by atoms with Gasteiger partial charge in [0.25, 0.3) is 0 Å². The molecule has 0 amide bonds. The minimum absolute atomic E-state index is 0.0675. The van der Waals surface area contributed by atoms with Crippen molar-refractivity contribution in [3.8, 4) is 0 Å². The third-order valence-electron chi connectivity index (χ3n) is 4.01. The van der Waals surface area contributed by atoms with Gasteiger partial charge in [-0.05, 0) is 29.5 Å². The summed E-state index contributed by atoms with van der Waals surface area (Å²) in [5, 5.41) is -0.125. The third kappa shape index (κ3) is 3.16. The summed E-state index contributed by atoms with van der Waals surface area (Å²) < 4.78 is 13.4. The number of benzene rings is 2. The predicted molar refractivity (Wildman–Crippen MR) is 84.6 cm³/mol. The number of carbonyl (C=O) groups excluding carboxylic acids is 1. The number of rotatable bonds is 4. The van der Waals surface area contributed by atoms with Crippen molar-refractivity contribution in [1.29, 1.82) is 0 Å². The maximum Gasteiger partial charge on any atom is 0.194 e. The highest BCUT2D eigenvalue weighted by molar-refractivity contribution is 6.35. The van der Waals surface area contributed by atoms with Gasteiger partial charge in [0.1, 0.15) is 5.82 Å². The minimum Gasteiger partial charge on any atom is -0.289 e. The summed E-state index contributed by atoms with van der Waals surface area (Å²) in [5.74, 6) is -0.841. The van der Waals surface area contributed by atoms with Crippen molar-refractivity contribution in [2.75, 3.05) is 0 Å². The van der Waals surface area contributed by atoms with Gasteiger partial charge >= 0.3 is 0 Å². The van der Waals surface area contributed by atoms with Gasteiger partial charge in [0.15, 0.2) is 5.78 Å². The first-order valence-corrected chi connectivity index (χ1v) is 7.34. The molecular weight excluding hydrogens is 287 g/mol. The Morgan fingerprint density at radius 3 is 2.33 bits per heavy atom. The van der Waals surface area contributed by atoms with Gasteiger partial charge in [-0.25, -0.2) is 4.39 Å². The molecule has 2 aromatic rings. The van der Waals surface area contributed by atoms with Crippen LogP contribution in [-0.4, -0.2) is 5.78 Å². The molecule has 2 aromatic carbocycles. The van der Waals surface area contributed by atoms with Crippen LogP contribution >= 0.6 is 11.6 Å². The highest BCUT2D eigenvalue weighted by atomic mass is 35.5. The van der Waals surface area contributed by atoms with E-state index in [-0.39, 0.29) is 21.8 Å². The molecule has 0 aliphatic rings. The Morgan fingerprint density at radius 2 is 1.76 bits per heavy atom. The molecule has 0 N–H and O–H groups in total. The fraction of sp³-hybridized carbons (Fsp3) is 0.278. The van der Waals surface area contributed by atoms with Gasteiger partial charge in [-0.3, -0.25) is 4.79 Å². The van der Waals surface area contributed by atoms with Crippen molar-refractivity contribution >= 4 is 17.4 Å². The van der Waals surface area contributed by atoms with E-state index in [2.05, 4.69) is 20.8 Å². The average Bonchev–Trinajstić information content (AvgIpc) is 2.49. The zero-order valence-electron chi connectivity index (χ0n) is 12.4. The van der Waals surface area contributed by atoms with Crippen LogP contribution in [0.25, 0.3) is 0 Å². The van der Waals surface area contributed by atoms with Crippen molar-refractivity contribution in [3.05, 3.63) is 70.0 Å². The van der Waals surface area contributed by atoms with E-state index in [1.165, 1.54) is 23.8 Å². The molecule has 0 radical (unpaired) electrons. The van der Waals surface area contributed by atoms with Crippen LogP contribution < -0.4 is 0 Å². The van der Waals surface area contributed by atoms with Crippen LogP contribution in [0.2, 0.25) is 5.02 Å². The van der Waals surface area contributed by atoms with Crippen LogP contribution in [0.1, 0.15) is 48.7 Å². The molecule has 0 saturated carbocycles. The molecule has 0 unspecified atom stereocenters. The number of carbonyl (C=O) groups is 1. The molecule has 0 spiro atoms. The van der Waals surface area contributed by atoms with Gasteiger partial charge in [0.05, 0.1) is 5.02 Å². The lowest BCUT2D eigenvalue weighted by atomic mass is 9.82. The van der Waals surface area contributed by atoms with Crippen LogP contribution in [0.5, 0.6) is 0 Å². The zero-order chi connectivity index (χ0) is 15.6. The predicted octanol–water partition coefficient (Wildman–Crippen LogP) is 5.40. The molecule has 21 heavy (non-hydrogen) atoms. The molecule has 0 saturated heterocycles. The number of halogens is 2. The molecule has 0 aliphatic heterocycles. The van der Waals surface area contributed by atoms with E-state index in [1.807, 2.05) is 12.1 Å². The summed E-state index contributed by atoms with van der Waals surface area (Å²) in [6.45, 7) is 6.45. The van der Waals surface area contributed by atoms with Crippen molar-refractivity contribution in [2.45, 2.75) is 32.6 Å². The van der Waals surface area contributed by atoms with Gasteiger partial charge in [0, 0.05) is 11.1 Å². The number of ketones is 1. The lowest BCUT2D eigenvalue weighted by Gasteiger charge is -2.23. The van der Waals surface area contributed by atoms with E-state index in [9.17, 15) is 9.18 Å². The molecule has 3 heteroatoms. The normalized spacial score (nSPS) is 11.5. The Labute approximate surface area is 129 Å². The maximum absolute atomic E-state index is 13.4. The molecule has 1 nitrogen and oxygen atoms in total. The Balaban J connectivity index is 2.35. The van der Waals surface area contributed by atoms with Gasteiger partial charge in [-0.1, -0.05) is 62.7 Å². The molecule has 0 atom stereocenters. The van der Waals surface area contributed by atoms with E-state index in [4.69, 9.17) is 11.6 Å². The van der Waals surface area contributed by atoms with Crippen LogP contribution in [0.3, 0.4) is 0 Å². The topological polar surface area (TPSA) is 17.1 Å². The summed E-state index contributed by atoms with van der Waals surface area (Å²) in [4.78, 5) is 12.4. The molecule has 2 rings (SSSR count). The largest absolute Gasteiger partial charge is 0.289 e. The zero-order valence-corrected chi connectivity index (χ0v) is 13.2. The van der Waals surface area contributed by atoms with E-state index in [0.29, 0.717) is 5.56 Å². The lowest BCUT2D eigenvalue weighted by Crippen LogP contribution is -2.15. The Morgan fingerprint density at radius 1 is 1.14 bits per heavy atom. The number of hydrogen-bond acceptors (Lipinski definition) is 1. The van der Waals surface area contributed by atoms with E-state index < -0.39 is 5.82 Å². The first-order valence-electron chi connectivity index (χ1n) is 6.96. The molecular formula is C18H18ClFO. The minimum atomic E-state index is -0.578. The molecule has 0 heterocycles. The van der Waals surface area contributed by atoms with Gasteiger partial charge in [-0.2, -0.15) is 0 Å². The smallest absolute Gasteiger partial charge is 0.194 e. The second-order valence-corrected chi connectivity index (χ2v) is 6.12. The van der Waals surface area contributed by atoms with E-state index in [1.54, 1.807) is 12.1 Å². The lowest BCUT2D eigenvalue weighted by molar-refractivity contribution is 0.103. The second-order valence-electron chi connectivity index (χ2n) is 5.75. The summed E-state index contributed by atoms with van der Waals surface area (Å²) in [7, 11) is 0. The molecule has 110 valence electrons. The van der Waals surface area contributed by atoms with E-state index >= 15 is 0 Å². The third-order valence-corrected chi connectivity index (χ3v) is 4.39. The Bertz CT molecular complexity index is 659. The van der Waals surface area contributed by atoms with Crippen LogP contribution in [-0.2, 0) is 5.41 Å². The summed E-state index contributed by atoms with van der Waals surface area (Å²) in [5.41, 5.74) is 1.95. The summed E-state index contributed by atoms with van der Waals surface area (Å²) in [6, 6.07) is 11.7. The fourth-order valence-corrected chi connectivity index (χ4v) is 2.32. The monoisotopic (exact) mass is 304 g/mol. The first kappa shape index (κ1) is 15.7. The van der Waals surface area contributed by atoms with Gasteiger partial charge in [0.2, 0.25) is 0 Å². The van der Waals surface area contributed by atoms with Crippen molar-refractivity contribution in [3.63, 3.8) is 0 Å². The van der Waals surface area contributed by atoms with Gasteiger partial charge < -0.3 is 0 Å². The maximum atomic E-state index is 13.4. The first-order chi connectivity index (χ1) is 9.86. The average molecular weight is 305 g/mol. The summed E-state index contributed by atoms with van der Waals surface area (Å²) >= 11 is 5.87. The molecule has 0 aliphatic carbocycles. The van der Waals surface area contributed by atoms with Gasteiger partial charge in [-0.15, -0.1) is 0 Å². The van der Waals surface area contributed by atoms with Crippen LogP contribution in [0.15, 0.2) is 42.5 Å². The van der Waals surface area contributed by atoms with Crippen molar-refractivity contribution in [2.24, 2.45) is 0 Å². The number of hydrogen-bond donors (Lipinski definition) is 0. The fourth-order valence-electron chi connectivity index (χ4n) is 2.11. The molecule has 0 aromatic heterocycles. The SMILES string of the molecule is CCC(C)(C)c1ccc(C(=O)c2cccc(F)c2Cl)cc1. The van der Waals surface area contributed by atoms with E-state index in [0.717, 1.165) is 6.42 Å². The van der Waals surface area contributed by atoms with Crippen LogP contribution in [0, 0.1) is 5.82 Å². The molecule has 0 fully saturated rings. The van der Waals surface area contributed by atoms with Crippen LogP contribution in [0.4, 0.5) is 4.39 Å².